The molecule has 4 heteroatoms. The predicted molar refractivity (Wildman–Crippen MR) is 50.7 cm³/mol. The van der Waals surface area contributed by atoms with Crippen LogP contribution in [0.15, 0.2) is 12.7 Å². The molecule has 0 aliphatic rings. The van der Waals surface area contributed by atoms with Crippen LogP contribution in [0.3, 0.4) is 0 Å². The zero-order valence-corrected chi connectivity index (χ0v) is 8.04. The number of alkyl carbamates (subject to hydrolysis) is 1. The minimum atomic E-state index is -0.394. The Hall–Kier alpha value is -1.03. The number of carbonyl (C=O) groups excluding carboxylic acids is 1. The molecule has 0 atom stereocenters. The molecule has 0 aliphatic carbocycles. The lowest BCUT2D eigenvalue weighted by atomic mass is 10.4. The second kappa shape index (κ2) is 9.06. The highest BCUT2D eigenvalue weighted by Gasteiger charge is 1.97. The van der Waals surface area contributed by atoms with Crippen molar-refractivity contribution >= 4 is 6.09 Å². The minimum Gasteiger partial charge on any atom is -0.450 e. The third kappa shape index (κ3) is 8.88. The van der Waals surface area contributed by atoms with Gasteiger partial charge in [-0.2, -0.15) is 0 Å². The molecule has 0 spiro atoms. The summed E-state index contributed by atoms with van der Waals surface area (Å²) in [6.07, 6.45) is 2.23. The smallest absolute Gasteiger partial charge is 0.407 e. The van der Waals surface area contributed by atoms with Gasteiger partial charge in [0.1, 0.15) is 0 Å². The molecule has 76 valence electrons. The molecule has 0 bridgehead atoms. The van der Waals surface area contributed by atoms with Gasteiger partial charge in [0.2, 0.25) is 0 Å². The molecule has 0 aromatic heterocycles. The van der Waals surface area contributed by atoms with Gasteiger partial charge >= 0.3 is 6.09 Å². The molecule has 0 aromatic rings. The number of carbonyl (C=O) groups is 1. The van der Waals surface area contributed by atoms with Crippen LogP contribution in [0.4, 0.5) is 4.79 Å². The third-order valence-corrected chi connectivity index (χ3v) is 1.26. The van der Waals surface area contributed by atoms with Crippen LogP contribution in [0.2, 0.25) is 0 Å². The van der Waals surface area contributed by atoms with Gasteiger partial charge in [0.15, 0.2) is 0 Å². The molecule has 0 saturated heterocycles. The lowest BCUT2D eigenvalue weighted by Crippen LogP contribution is -2.27. The van der Waals surface area contributed by atoms with Gasteiger partial charge in [0.05, 0.1) is 19.8 Å². The fourth-order valence-corrected chi connectivity index (χ4v) is 0.676. The Labute approximate surface area is 78.9 Å². The molecule has 4 nitrogen and oxygen atoms in total. The zero-order chi connectivity index (χ0) is 9.94. The number of rotatable bonds is 7. The van der Waals surface area contributed by atoms with Crippen LogP contribution < -0.4 is 5.32 Å². The van der Waals surface area contributed by atoms with Crippen LogP contribution in [-0.2, 0) is 9.47 Å². The van der Waals surface area contributed by atoms with E-state index in [0.29, 0.717) is 26.4 Å². The van der Waals surface area contributed by atoms with Gasteiger partial charge < -0.3 is 14.8 Å². The summed E-state index contributed by atoms with van der Waals surface area (Å²) in [4.78, 5) is 10.7. The number of hydrogen-bond donors (Lipinski definition) is 1. The largest absolute Gasteiger partial charge is 0.450 e. The van der Waals surface area contributed by atoms with Gasteiger partial charge in [-0.1, -0.05) is 6.08 Å². The molecule has 0 radical (unpaired) electrons. The Bertz CT molecular complexity index is 148. The van der Waals surface area contributed by atoms with Crippen LogP contribution in [0, 0.1) is 0 Å². The number of ether oxygens (including phenoxy) is 2. The summed E-state index contributed by atoms with van der Waals surface area (Å²) in [7, 11) is 0. The lowest BCUT2D eigenvalue weighted by Gasteiger charge is -2.05. The Morgan fingerprint density at radius 1 is 1.54 bits per heavy atom. The summed E-state index contributed by atoms with van der Waals surface area (Å²) < 4.78 is 9.81. The molecule has 0 unspecified atom stereocenters. The van der Waals surface area contributed by atoms with Crippen molar-refractivity contribution in [2.24, 2.45) is 0 Å². The zero-order valence-electron chi connectivity index (χ0n) is 8.04. The maximum atomic E-state index is 10.7. The van der Waals surface area contributed by atoms with Crippen molar-refractivity contribution in [2.75, 3.05) is 26.4 Å². The molecule has 0 aromatic carbocycles. The van der Waals surface area contributed by atoms with E-state index in [4.69, 9.17) is 4.74 Å². The van der Waals surface area contributed by atoms with Gasteiger partial charge in [-0.15, -0.1) is 6.58 Å². The first-order valence-corrected chi connectivity index (χ1v) is 4.40. The van der Waals surface area contributed by atoms with Crippen LogP contribution >= 0.6 is 0 Å². The lowest BCUT2D eigenvalue weighted by molar-refractivity contribution is 0.126. The first-order valence-electron chi connectivity index (χ1n) is 4.40. The van der Waals surface area contributed by atoms with Gasteiger partial charge in [-0.3, -0.25) is 0 Å². The summed E-state index contributed by atoms with van der Waals surface area (Å²) in [5.41, 5.74) is 0. The van der Waals surface area contributed by atoms with E-state index in [-0.39, 0.29) is 0 Å². The van der Waals surface area contributed by atoms with Crippen molar-refractivity contribution in [1.29, 1.82) is 0 Å². The predicted octanol–water partition coefficient (Wildman–Crippen LogP) is 1.33. The van der Waals surface area contributed by atoms with Gasteiger partial charge in [-0.25, -0.2) is 4.79 Å². The van der Waals surface area contributed by atoms with Crippen molar-refractivity contribution in [2.45, 2.75) is 13.3 Å². The number of amides is 1. The number of nitrogens with one attached hydrogen (secondary N) is 1. The third-order valence-electron chi connectivity index (χ3n) is 1.26. The highest BCUT2D eigenvalue weighted by molar-refractivity contribution is 5.66. The van der Waals surface area contributed by atoms with Crippen molar-refractivity contribution in [3.8, 4) is 0 Å². The first kappa shape index (κ1) is 12.0. The molecular formula is C9H17NO3. The minimum absolute atomic E-state index is 0.392. The van der Waals surface area contributed by atoms with Crippen LogP contribution in [0.5, 0.6) is 0 Å². The molecule has 13 heavy (non-hydrogen) atoms. The summed E-state index contributed by atoms with van der Waals surface area (Å²) >= 11 is 0. The molecule has 0 fully saturated rings. The van der Waals surface area contributed by atoms with E-state index < -0.39 is 6.09 Å². The molecule has 0 rings (SSSR count). The topological polar surface area (TPSA) is 47.6 Å². The fourth-order valence-electron chi connectivity index (χ4n) is 0.676. The normalized spacial score (nSPS) is 9.31. The summed E-state index contributed by atoms with van der Waals surface area (Å²) in [6, 6.07) is 0. The highest BCUT2D eigenvalue weighted by atomic mass is 16.5. The first-order chi connectivity index (χ1) is 6.31. The second-order valence-electron chi connectivity index (χ2n) is 2.34. The molecule has 1 N–H and O–H groups in total. The maximum absolute atomic E-state index is 10.7. The Kier molecular flexibility index (Phi) is 8.34. The Morgan fingerprint density at radius 2 is 2.31 bits per heavy atom. The van der Waals surface area contributed by atoms with Gasteiger partial charge in [0.25, 0.3) is 0 Å². The molecule has 0 heterocycles. The van der Waals surface area contributed by atoms with E-state index in [1.165, 1.54) is 0 Å². The average molecular weight is 187 g/mol. The van der Waals surface area contributed by atoms with E-state index in [2.05, 4.69) is 16.6 Å². The summed E-state index contributed by atoms with van der Waals surface area (Å²) in [6.45, 7) is 7.35. The molecule has 1 amide bonds. The maximum Gasteiger partial charge on any atom is 0.407 e. The fraction of sp³-hybridized carbons (Fsp3) is 0.667. The van der Waals surface area contributed by atoms with Gasteiger partial charge in [-0.05, 0) is 13.3 Å². The monoisotopic (exact) mass is 187 g/mol. The van der Waals surface area contributed by atoms with E-state index >= 15 is 0 Å². The summed E-state index contributed by atoms with van der Waals surface area (Å²) in [5.74, 6) is 0. The van der Waals surface area contributed by atoms with E-state index in [1.54, 1.807) is 13.0 Å². The SMILES string of the molecule is C=CCCOCCNC(=O)OCC. The molecular weight excluding hydrogens is 170 g/mol. The molecule has 0 aliphatic heterocycles. The van der Waals surface area contributed by atoms with E-state index in [0.717, 1.165) is 6.42 Å². The molecule has 0 saturated carbocycles. The van der Waals surface area contributed by atoms with Gasteiger partial charge in [0, 0.05) is 6.54 Å². The van der Waals surface area contributed by atoms with Crippen LogP contribution in [0.25, 0.3) is 0 Å². The van der Waals surface area contributed by atoms with E-state index in [9.17, 15) is 4.79 Å². The van der Waals surface area contributed by atoms with Crippen LogP contribution in [0.1, 0.15) is 13.3 Å². The average Bonchev–Trinajstić information content (AvgIpc) is 2.11. The number of hydrogen-bond acceptors (Lipinski definition) is 3. The summed E-state index contributed by atoms with van der Waals surface area (Å²) in [5, 5.41) is 2.55. The van der Waals surface area contributed by atoms with Crippen molar-refractivity contribution in [3.63, 3.8) is 0 Å². The quantitative estimate of drug-likeness (QED) is 0.483. The highest BCUT2D eigenvalue weighted by Crippen LogP contribution is 1.82. The Morgan fingerprint density at radius 3 is 2.92 bits per heavy atom. The van der Waals surface area contributed by atoms with E-state index in [1.807, 2.05) is 0 Å². The van der Waals surface area contributed by atoms with Crippen molar-refractivity contribution in [3.05, 3.63) is 12.7 Å². The second-order valence-corrected chi connectivity index (χ2v) is 2.34. The standard InChI is InChI=1S/C9H17NO3/c1-3-5-7-12-8-6-10-9(11)13-4-2/h3H,1,4-8H2,2H3,(H,10,11). The van der Waals surface area contributed by atoms with Crippen LogP contribution in [-0.4, -0.2) is 32.5 Å². The van der Waals surface area contributed by atoms with Crippen molar-refractivity contribution < 1.29 is 14.3 Å². The van der Waals surface area contributed by atoms with Crippen molar-refractivity contribution in [1.82, 2.24) is 5.32 Å². The Balaban J connectivity index is 3.06.